The summed E-state index contributed by atoms with van der Waals surface area (Å²) in [6.45, 7) is 1.85. The molecule has 0 spiro atoms. The van der Waals surface area contributed by atoms with E-state index in [4.69, 9.17) is 5.11 Å². The van der Waals surface area contributed by atoms with Crippen LogP contribution < -0.4 is 9.44 Å². The molecular weight excluding hydrogens is 344 g/mol. The quantitative estimate of drug-likeness (QED) is 0.585. The normalized spacial score (nSPS) is 13.7. The Balaban J connectivity index is 3.26. The molecule has 0 aliphatic heterocycles. The summed E-state index contributed by atoms with van der Waals surface area (Å²) in [5.74, 6) is -1.31. The standard InChI is InChI=1S/C13H20N2O6S2/c1-3-4-7-10(13(16)17)15-23(20,21)12-9-6-5-8-11(12)22(18,19)14-2/h5-6,8-10,14-15H,3-4,7H2,1-2H3,(H,16,17)/t10-/m0/s1. The maximum Gasteiger partial charge on any atom is 0.321 e. The minimum Gasteiger partial charge on any atom is -0.480 e. The largest absolute Gasteiger partial charge is 0.480 e. The number of hydrogen-bond donors (Lipinski definition) is 3. The van der Waals surface area contributed by atoms with Gasteiger partial charge in [-0.25, -0.2) is 21.6 Å². The molecule has 1 aromatic rings. The van der Waals surface area contributed by atoms with Crippen molar-refractivity contribution in [2.24, 2.45) is 0 Å². The van der Waals surface area contributed by atoms with Gasteiger partial charge in [0, 0.05) is 0 Å². The predicted molar refractivity (Wildman–Crippen MR) is 84.0 cm³/mol. The third-order valence-corrected chi connectivity index (χ3v) is 6.27. The second kappa shape index (κ2) is 7.86. The molecule has 0 bridgehead atoms. The fraction of sp³-hybridized carbons (Fsp3) is 0.462. The summed E-state index contributed by atoms with van der Waals surface area (Å²) in [6, 6.07) is 3.69. The number of aliphatic carboxylic acids is 1. The second-order valence-electron chi connectivity index (χ2n) is 4.81. The minimum absolute atomic E-state index is 0.117. The molecule has 1 rings (SSSR count). The highest BCUT2D eigenvalue weighted by molar-refractivity contribution is 7.92. The molecule has 0 amide bonds. The zero-order chi connectivity index (χ0) is 17.7. The van der Waals surface area contributed by atoms with Crippen molar-refractivity contribution in [3.05, 3.63) is 24.3 Å². The van der Waals surface area contributed by atoms with Crippen LogP contribution in [0.2, 0.25) is 0 Å². The van der Waals surface area contributed by atoms with Crippen LogP contribution >= 0.6 is 0 Å². The SMILES string of the molecule is CCCC[C@H](NS(=O)(=O)c1ccccc1S(=O)(=O)NC)C(=O)O. The number of nitrogens with one attached hydrogen (secondary N) is 2. The van der Waals surface area contributed by atoms with Crippen molar-refractivity contribution in [1.82, 2.24) is 9.44 Å². The second-order valence-corrected chi connectivity index (χ2v) is 8.35. The lowest BCUT2D eigenvalue weighted by Gasteiger charge is -2.16. The molecule has 0 radical (unpaired) electrons. The van der Waals surface area contributed by atoms with E-state index < -0.39 is 41.8 Å². The Labute approximate surface area is 136 Å². The summed E-state index contributed by atoms with van der Waals surface area (Å²) in [6.07, 6.45) is 1.35. The summed E-state index contributed by atoms with van der Waals surface area (Å²) in [4.78, 5) is 10.3. The molecule has 0 saturated carbocycles. The van der Waals surface area contributed by atoms with Crippen LogP contribution in [0, 0.1) is 0 Å². The van der Waals surface area contributed by atoms with Crippen molar-refractivity contribution in [2.75, 3.05) is 7.05 Å². The van der Waals surface area contributed by atoms with Crippen molar-refractivity contribution in [1.29, 1.82) is 0 Å². The van der Waals surface area contributed by atoms with Gasteiger partial charge in [-0.1, -0.05) is 31.9 Å². The molecule has 0 aromatic heterocycles. The van der Waals surface area contributed by atoms with E-state index in [2.05, 4.69) is 4.72 Å². The van der Waals surface area contributed by atoms with Crippen molar-refractivity contribution in [2.45, 2.75) is 42.0 Å². The van der Waals surface area contributed by atoms with E-state index in [0.29, 0.717) is 12.8 Å². The van der Waals surface area contributed by atoms with E-state index in [0.717, 1.165) is 19.2 Å². The van der Waals surface area contributed by atoms with Crippen molar-refractivity contribution in [3.63, 3.8) is 0 Å². The van der Waals surface area contributed by atoms with Gasteiger partial charge >= 0.3 is 5.97 Å². The van der Waals surface area contributed by atoms with Gasteiger partial charge in [-0.05, 0) is 25.6 Å². The number of carboxylic acids is 1. The van der Waals surface area contributed by atoms with Gasteiger partial charge in [-0.2, -0.15) is 4.72 Å². The first-order valence-electron chi connectivity index (χ1n) is 6.93. The highest BCUT2D eigenvalue weighted by atomic mass is 32.2. The Morgan fingerprint density at radius 2 is 1.65 bits per heavy atom. The summed E-state index contributed by atoms with van der Waals surface area (Å²) >= 11 is 0. The molecule has 3 N–H and O–H groups in total. The molecule has 1 atom stereocenters. The van der Waals surface area contributed by atoms with E-state index in [1.165, 1.54) is 12.1 Å². The van der Waals surface area contributed by atoms with Crippen LogP contribution in [0.25, 0.3) is 0 Å². The molecule has 0 fully saturated rings. The highest BCUT2D eigenvalue weighted by Crippen LogP contribution is 2.21. The number of benzene rings is 1. The van der Waals surface area contributed by atoms with Crippen molar-refractivity contribution in [3.8, 4) is 0 Å². The van der Waals surface area contributed by atoms with Gasteiger partial charge in [0.1, 0.15) is 15.8 Å². The molecule has 0 aliphatic carbocycles. The Kier molecular flexibility index (Phi) is 6.69. The van der Waals surface area contributed by atoms with Gasteiger partial charge in [0.25, 0.3) is 0 Å². The first kappa shape index (κ1) is 19.6. The highest BCUT2D eigenvalue weighted by Gasteiger charge is 2.29. The first-order valence-corrected chi connectivity index (χ1v) is 9.90. The molecule has 0 unspecified atom stereocenters. The number of rotatable bonds is 9. The molecule has 10 heteroatoms. The molecule has 0 heterocycles. The van der Waals surface area contributed by atoms with E-state index in [1.54, 1.807) is 0 Å². The zero-order valence-corrected chi connectivity index (χ0v) is 14.4. The zero-order valence-electron chi connectivity index (χ0n) is 12.8. The van der Waals surface area contributed by atoms with Crippen LogP contribution in [-0.2, 0) is 24.8 Å². The monoisotopic (exact) mass is 364 g/mol. The lowest BCUT2D eigenvalue weighted by molar-refractivity contribution is -0.139. The van der Waals surface area contributed by atoms with Crippen molar-refractivity contribution < 1.29 is 26.7 Å². The smallest absolute Gasteiger partial charge is 0.321 e. The number of carboxylic acid groups (broad SMARTS) is 1. The van der Waals surface area contributed by atoms with Gasteiger partial charge in [-0.3, -0.25) is 4.79 Å². The van der Waals surface area contributed by atoms with Crippen LogP contribution in [0.5, 0.6) is 0 Å². The first-order chi connectivity index (χ1) is 10.7. The topological polar surface area (TPSA) is 130 Å². The average Bonchev–Trinajstić information content (AvgIpc) is 2.51. The van der Waals surface area contributed by atoms with Crippen LogP contribution in [0.1, 0.15) is 26.2 Å². The van der Waals surface area contributed by atoms with Crippen molar-refractivity contribution >= 4 is 26.0 Å². The summed E-state index contributed by atoms with van der Waals surface area (Å²) in [5, 5.41) is 9.13. The molecule has 0 aliphatic rings. The van der Waals surface area contributed by atoms with Crippen LogP contribution in [0.3, 0.4) is 0 Å². The number of hydrogen-bond acceptors (Lipinski definition) is 5. The Bertz CT molecular complexity index is 758. The maximum absolute atomic E-state index is 12.4. The summed E-state index contributed by atoms with van der Waals surface area (Å²) in [7, 11) is -7.15. The number of sulfonamides is 2. The fourth-order valence-corrected chi connectivity index (χ4v) is 4.68. The summed E-state index contributed by atoms with van der Waals surface area (Å²) in [5.41, 5.74) is 0. The third-order valence-electron chi connectivity index (χ3n) is 3.14. The molecule has 23 heavy (non-hydrogen) atoms. The molecule has 0 saturated heterocycles. The summed E-state index contributed by atoms with van der Waals surface area (Å²) < 4.78 is 52.8. The Morgan fingerprint density at radius 3 is 2.09 bits per heavy atom. The van der Waals surface area contributed by atoms with Crippen LogP contribution in [0.4, 0.5) is 0 Å². The Hall–Kier alpha value is -1.49. The van der Waals surface area contributed by atoms with Gasteiger partial charge in [0.2, 0.25) is 20.0 Å². The van der Waals surface area contributed by atoms with E-state index in [9.17, 15) is 21.6 Å². The number of carbonyl (C=O) groups is 1. The van der Waals surface area contributed by atoms with E-state index in [1.807, 2.05) is 11.6 Å². The fourth-order valence-electron chi connectivity index (χ4n) is 1.90. The maximum atomic E-state index is 12.4. The predicted octanol–water partition coefficient (Wildman–Crippen LogP) is 0.516. The van der Waals surface area contributed by atoms with Gasteiger partial charge in [0.15, 0.2) is 0 Å². The van der Waals surface area contributed by atoms with E-state index >= 15 is 0 Å². The van der Waals surface area contributed by atoms with E-state index in [-0.39, 0.29) is 6.42 Å². The molecular formula is C13H20N2O6S2. The van der Waals surface area contributed by atoms with Gasteiger partial charge < -0.3 is 5.11 Å². The van der Waals surface area contributed by atoms with Gasteiger partial charge in [-0.15, -0.1) is 0 Å². The lowest BCUT2D eigenvalue weighted by Crippen LogP contribution is -2.41. The number of unbranched alkanes of at least 4 members (excludes halogenated alkanes) is 1. The third kappa shape index (κ3) is 4.99. The lowest BCUT2D eigenvalue weighted by atomic mass is 10.1. The molecule has 8 nitrogen and oxygen atoms in total. The average molecular weight is 364 g/mol. The molecule has 1 aromatic carbocycles. The van der Waals surface area contributed by atoms with Crippen LogP contribution in [-0.4, -0.2) is 41.0 Å². The van der Waals surface area contributed by atoms with Crippen LogP contribution in [0.15, 0.2) is 34.1 Å². The van der Waals surface area contributed by atoms with Gasteiger partial charge in [0.05, 0.1) is 0 Å². The Morgan fingerprint density at radius 1 is 1.13 bits per heavy atom. The minimum atomic E-state index is -4.31. The molecule has 130 valence electrons.